The standard InChI is InChI=1S/C9H11NO3/c11-5-7-1-2-8(13-7)6-3-9(12)10-4-6/h1-2,6,11H,3-5H2,(H,10,12). The Morgan fingerprint density at radius 2 is 2.46 bits per heavy atom. The van der Waals surface area contributed by atoms with Gasteiger partial charge in [0.25, 0.3) is 0 Å². The lowest BCUT2D eigenvalue weighted by Gasteiger charge is -2.01. The van der Waals surface area contributed by atoms with E-state index in [4.69, 9.17) is 9.52 Å². The summed E-state index contributed by atoms with van der Waals surface area (Å²) in [5, 5.41) is 11.5. The molecule has 1 fully saturated rings. The molecule has 1 aromatic rings. The predicted molar refractivity (Wildman–Crippen MR) is 45.0 cm³/mol. The van der Waals surface area contributed by atoms with Gasteiger partial charge in [0.15, 0.2) is 0 Å². The number of hydrogen-bond acceptors (Lipinski definition) is 3. The van der Waals surface area contributed by atoms with E-state index in [1.165, 1.54) is 0 Å². The van der Waals surface area contributed by atoms with Crippen molar-refractivity contribution in [3.8, 4) is 0 Å². The normalized spacial score (nSPS) is 21.9. The second-order valence-corrected chi connectivity index (χ2v) is 3.17. The predicted octanol–water partition coefficient (Wildman–Crippen LogP) is 0.375. The second kappa shape index (κ2) is 3.22. The van der Waals surface area contributed by atoms with Gasteiger partial charge in [-0.3, -0.25) is 4.79 Å². The average molecular weight is 181 g/mol. The Labute approximate surface area is 75.6 Å². The van der Waals surface area contributed by atoms with Crippen molar-refractivity contribution in [1.29, 1.82) is 0 Å². The zero-order valence-electron chi connectivity index (χ0n) is 7.12. The Morgan fingerprint density at radius 3 is 3.00 bits per heavy atom. The van der Waals surface area contributed by atoms with Crippen LogP contribution >= 0.6 is 0 Å². The number of furan rings is 1. The van der Waals surface area contributed by atoms with E-state index in [0.717, 1.165) is 5.76 Å². The molecule has 4 nitrogen and oxygen atoms in total. The van der Waals surface area contributed by atoms with Crippen molar-refractivity contribution in [1.82, 2.24) is 5.32 Å². The highest BCUT2D eigenvalue weighted by atomic mass is 16.4. The molecule has 1 unspecified atom stereocenters. The van der Waals surface area contributed by atoms with E-state index in [9.17, 15) is 4.79 Å². The van der Waals surface area contributed by atoms with Crippen LogP contribution in [0.4, 0.5) is 0 Å². The van der Waals surface area contributed by atoms with E-state index in [1.807, 2.05) is 6.07 Å². The van der Waals surface area contributed by atoms with Gasteiger partial charge in [0.05, 0.1) is 0 Å². The second-order valence-electron chi connectivity index (χ2n) is 3.17. The maximum Gasteiger partial charge on any atom is 0.220 e. The third kappa shape index (κ3) is 1.58. The molecule has 1 aliphatic rings. The Balaban J connectivity index is 2.12. The number of hydrogen-bond donors (Lipinski definition) is 2. The van der Waals surface area contributed by atoms with Crippen LogP contribution in [0.1, 0.15) is 23.9 Å². The zero-order chi connectivity index (χ0) is 9.26. The number of carbonyl (C=O) groups is 1. The molecule has 0 bridgehead atoms. The van der Waals surface area contributed by atoms with Gasteiger partial charge in [-0.1, -0.05) is 0 Å². The van der Waals surface area contributed by atoms with Crippen LogP contribution in [-0.4, -0.2) is 17.6 Å². The number of aliphatic hydroxyl groups excluding tert-OH is 1. The van der Waals surface area contributed by atoms with Gasteiger partial charge in [0.1, 0.15) is 18.1 Å². The van der Waals surface area contributed by atoms with E-state index in [0.29, 0.717) is 18.7 Å². The van der Waals surface area contributed by atoms with E-state index in [1.54, 1.807) is 6.07 Å². The molecule has 2 rings (SSSR count). The first kappa shape index (κ1) is 8.31. The largest absolute Gasteiger partial charge is 0.463 e. The molecule has 1 amide bonds. The molecule has 1 atom stereocenters. The van der Waals surface area contributed by atoms with Crippen LogP contribution in [-0.2, 0) is 11.4 Å². The summed E-state index contributed by atoms with van der Waals surface area (Å²) < 4.78 is 5.32. The van der Waals surface area contributed by atoms with Gasteiger partial charge in [0, 0.05) is 18.9 Å². The van der Waals surface area contributed by atoms with Crippen LogP contribution in [0.5, 0.6) is 0 Å². The highest BCUT2D eigenvalue weighted by molar-refractivity contribution is 5.79. The summed E-state index contributed by atoms with van der Waals surface area (Å²) in [6, 6.07) is 3.55. The van der Waals surface area contributed by atoms with E-state index >= 15 is 0 Å². The lowest BCUT2D eigenvalue weighted by atomic mass is 10.1. The molecule has 0 saturated carbocycles. The van der Waals surface area contributed by atoms with Gasteiger partial charge >= 0.3 is 0 Å². The van der Waals surface area contributed by atoms with Crippen molar-refractivity contribution in [3.05, 3.63) is 23.7 Å². The van der Waals surface area contributed by atoms with Gasteiger partial charge < -0.3 is 14.8 Å². The fourth-order valence-electron chi connectivity index (χ4n) is 1.51. The van der Waals surface area contributed by atoms with Crippen molar-refractivity contribution < 1.29 is 14.3 Å². The topological polar surface area (TPSA) is 62.5 Å². The average Bonchev–Trinajstić information content (AvgIpc) is 2.71. The lowest BCUT2D eigenvalue weighted by molar-refractivity contribution is -0.119. The van der Waals surface area contributed by atoms with Gasteiger partial charge in [-0.25, -0.2) is 0 Å². The zero-order valence-corrected chi connectivity index (χ0v) is 7.12. The van der Waals surface area contributed by atoms with Gasteiger partial charge in [-0.15, -0.1) is 0 Å². The quantitative estimate of drug-likeness (QED) is 0.693. The van der Waals surface area contributed by atoms with E-state index in [2.05, 4.69) is 5.32 Å². The van der Waals surface area contributed by atoms with Gasteiger partial charge in [0.2, 0.25) is 5.91 Å². The molecule has 2 heterocycles. The van der Waals surface area contributed by atoms with Crippen LogP contribution in [0.15, 0.2) is 16.5 Å². The number of rotatable bonds is 2. The lowest BCUT2D eigenvalue weighted by Crippen LogP contribution is -2.13. The molecule has 1 aliphatic heterocycles. The van der Waals surface area contributed by atoms with Gasteiger partial charge in [-0.05, 0) is 12.1 Å². The molecule has 4 heteroatoms. The summed E-state index contributed by atoms with van der Waals surface area (Å²) in [5.74, 6) is 1.52. The molecule has 13 heavy (non-hydrogen) atoms. The highest BCUT2D eigenvalue weighted by Crippen LogP contribution is 2.24. The van der Waals surface area contributed by atoms with Crippen molar-refractivity contribution in [2.24, 2.45) is 0 Å². The Hall–Kier alpha value is -1.29. The van der Waals surface area contributed by atoms with Crippen LogP contribution in [0.2, 0.25) is 0 Å². The first-order valence-electron chi connectivity index (χ1n) is 4.26. The summed E-state index contributed by atoms with van der Waals surface area (Å²) in [5.41, 5.74) is 0. The minimum atomic E-state index is -0.0892. The number of carbonyl (C=O) groups excluding carboxylic acids is 1. The van der Waals surface area contributed by atoms with Crippen molar-refractivity contribution in [3.63, 3.8) is 0 Å². The molecule has 0 aromatic carbocycles. The number of nitrogens with one attached hydrogen (secondary N) is 1. The van der Waals surface area contributed by atoms with E-state index in [-0.39, 0.29) is 18.4 Å². The number of aliphatic hydroxyl groups is 1. The molecule has 2 N–H and O–H groups in total. The fraction of sp³-hybridized carbons (Fsp3) is 0.444. The van der Waals surface area contributed by atoms with Crippen LogP contribution < -0.4 is 5.32 Å². The molecule has 0 aliphatic carbocycles. The SMILES string of the molecule is O=C1CC(c2ccc(CO)o2)CN1. The molecular weight excluding hydrogens is 170 g/mol. The maximum absolute atomic E-state index is 10.9. The first-order valence-corrected chi connectivity index (χ1v) is 4.26. The first-order chi connectivity index (χ1) is 6.29. The maximum atomic E-state index is 10.9. The molecule has 70 valence electrons. The molecule has 1 saturated heterocycles. The Kier molecular flexibility index (Phi) is 2.06. The van der Waals surface area contributed by atoms with Crippen LogP contribution in [0, 0.1) is 0 Å². The monoisotopic (exact) mass is 181 g/mol. The summed E-state index contributed by atoms with van der Waals surface area (Å²) in [7, 11) is 0. The van der Waals surface area contributed by atoms with Crippen molar-refractivity contribution >= 4 is 5.91 Å². The molecule has 0 spiro atoms. The van der Waals surface area contributed by atoms with Gasteiger partial charge in [-0.2, -0.15) is 0 Å². The van der Waals surface area contributed by atoms with Crippen LogP contribution in [0.3, 0.4) is 0 Å². The molecule has 0 radical (unpaired) electrons. The summed E-state index contributed by atoms with van der Waals surface area (Å²) in [6.45, 7) is 0.547. The Morgan fingerprint density at radius 1 is 1.62 bits per heavy atom. The minimum Gasteiger partial charge on any atom is -0.463 e. The summed E-state index contributed by atoms with van der Waals surface area (Å²) in [6.07, 6.45) is 0.485. The third-order valence-electron chi connectivity index (χ3n) is 2.22. The minimum absolute atomic E-state index is 0.0620. The van der Waals surface area contributed by atoms with Crippen molar-refractivity contribution in [2.45, 2.75) is 18.9 Å². The molecule has 1 aromatic heterocycles. The van der Waals surface area contributed by atoms with Crippen LogP contribution in [0.25, 0.3) is 0 Å². The highest BCUT2D eigenvalue weighted by Gasteiger charge is 2.25. The smallest absolute Gasteiger partial charge is 0.220 e. The fourth-order valence-corrected chi connectivity index (χ4v) is 1.51. The summed E-state index contributed by atoms with van der Waals surface area (Å²) >= 11 is 0. The summed E-state index contributed by atoms with van der Waals surface area (Å²) in [4.78, 5) is 10.9. The number of amides is 1. The molecular formula is C9H11NO3. The van der Waals surface area contributed by atoms with Crippen molar-refractivity contribution in [2.75, 3.05) is 6.54 Å². The Bertz CT molecular complexity index is 318. The van der Waals surface area contributed by atoms with E-state index < -0.39 is 0 Å². The third-order valence-corrected chi connectivity index (χ3v) is 2.22.